The minimum atomic E-state index is 0.460. The lowest BCUT2D eigenvalue weighted by molar-refractivity contribution is 0.996. The standard InChI is InChI=1S/C12H11Cl2N3S/c1-7-4-11(14)17-12(16-7)6-18-10-3-2-8(15)5-9(10)13/h2-5H,6,15H2,1H3. The molecule has 0 unspecified atom stereocenters. The van der Waals surface area contributed by atoms with E-state index in [-0.39, 0.29) is 0 Å². The van der Waals surface area contributed by atoms with Crippen LogP contribution >= 0.6 is 35.0 Å². The first-order valence-corrected chi connectivity index (χ1v) is 6.96. The van der Waals surface area contributed by atoms with Gasteiger partial charge in [0.2, 0.25) is 0 Å². The van der Waals surface area contributed by atoms with Gasteiger partial charge in [0.15, 0.2) is 0 Å². The highest BCUT2D eigenvalue weighted by Gasteiger charge is 2.05. The molecule has 0 spiro atoms. The zero-order valence-corrected chi connectivity index (χ0v) is 12.0. The van der Waals surface area contributed by atoms with Crippen molar-refractivity contribution in [2.24, 2.45) is 0 Å². The van der Waals surface area contributed by atoms with Crippen LogP contribution < -0.4 is 5.73 Å². The highest BCUT2D eigenvalue weighted by molar-refractivity contribution is 7.98. The quantitative estimate of drug-likeness (QED) is 0.529. The Morgan fingerprint density at radius 1 is 1.22 bits per heavy atom. The van der Waals surface area contributed by atoms with Gasteiger partial charge in [-0.15, -0.1) is 11.8 Å². The van der Waals surface area contributed by atoms with Gasteiger partial charge in [-0.2, -0.15) is 0 Å². The van der Waals surface area contributed by atoms with Crippen molar-refractivity contribution in [3.63, 3.8) is 0 Å². The van der Waals surface area contributed by atoms with E-state index in [1.54, 1.807) is 23.9 Å². The molecule has 0 aliphatic rings. The van der Waals surface area contributed by atoms with E-state index >= 15 is 0 Å². The Balaban J connectivity index is 2.11. The van der Waals surface area contributed by atoms with Gasteiger partial charge in [0, 0.05) is 16.3 Å². The molecule has 0 bridgehead atoms. The first-order valence-electron chi connectivity index (χ1n) is 5.22. The van der Waals surface area contributed by atoms with Crippen LogP contribution in [0.4, 0.5) is 5.69 Å². The highest BCUT2D eigenvalue weighted by Crippen LogP contribution is 2.30. The van der Waals surface area contributed by atoms with Crippen molar-refractivity contribution >= 4 is 40.7 Å². The van der Waals surface area contributed by atoms with Gasteiger partial charge in [-0.3, -0.25) is 0 Å². The van der Waals surface area contributed by atoms with Crippen molar-refractivity contribution < 1.29 is 0 Å². The minimum absolute atomic E-state index is 0.460. The van der Waals surface area contributed by atoms with Gasteiger partial charge in [0.25, 0.3) is 0 Å². The maximum atomic E-state index is 6.09. The summed E-state index contributed by atoms with van der Waals surface area (Å²) in [5, 5.41) is 1.10. The summed E-state index contributed by atoms with van der Waals surface area (Å²) in [7, 11) is 0. The van der Waals surface area contributed by atoms with Crippen molar-refractivity contribution in [1.82, 2.24) is 9.97 Å². The van der Waals surface area contributed by atoms with Gasteiger partial charge in [-0.1, -0.05) is 23.2 Å². The summed E-state index contributed by atoms with van der Waals surface area (Å²) in [4.78, 5) is 9.43. The molecule has 2 aromatic rings. The van der Waals surface area contributed by atoms with E-state index in [1.807, 2.05) is 19.1 Å². The molecule has 0 aliphatic heterocycles. The molecule has 2 rings (SSSR count). The number of nitrogen functional groups attached to an aromatic ring is 1. The molecule has 0 amide bonds. The molecule has 0 saturated carbocycles. The van der Waals surface area contributed by atoms with Crippen molar-refractivity contribution in [2.75, 3.05) is 5.73 Å². The number of anilines is 1. The Morgan fingerprint density at radius 3 is 2.67 bits per heavy atom. The van der Waals surface area contributed by atoms with E-state index in [9.17, 15) is 0 Å². The number of rotatable bonds is 3. The number of thioether (sulfide) groups is 1. The Bertz CT molecular complexity index is 555. The summed E-state index contributed by atoms with van der Waals surface area (Å²) >= 11 is 13.5. The molecular weight excluding hydrogens is 289 g/mol. The minimum Gasteiger partial charge on any atom is -0.399 e. The SMILES string of the molecule is Cc1cc(Cl)nc(CSc2ccc(N)cc2Cl)n1. The van der Waals surface area contributed by atoms with E-state index < -0.39 is 0 Å². The molecule has 0 fully saturated rings. The second-order valence-electron chi connectivity index (χ2n) is 3.73. The van der Waals surface area contributed by atoms with Gasteiger partial charge in [-0.25, -0.2) is 9.97 Å². The van der Waals surface area contributed by atoms with E-state index in [0.717, 1.165) is 10.6 Å². The number of nitrogens with two attached hydrogens (primary N) is 1. The van der Waals surface area contributed by atoms with Crippen molar-refractivity contribution in [2.45, 2.75) is 17.6 Å². The molecule has 0 saturated heterocycles. The third-order valence-electron chi connectivity index (χ3n) is 2.18. The number of aryl methyl sites for hydroxylation is 1. The van der Waals surface area contributed by atoms with Crippen LogP contribution in [0.25, 0.3) is 0 Å². The molecule has 2 N–H and O–H groups in total. The van der Waals surface area contributed by atoms with E-state index in [1.165, 1.54) is 0 Å². The molecule has 1 aromatic carbocycles. The second-order valence-corrected chi connectivity index (χ2v) is 5.54. The molecule has 0 aliphatic carbocycles. The largest absolute Gasteiger partial charge is 0.399 e. The van der Waals surface area contributed by atoms with Crippen molar-refractivity contribution in [3.05, 3.63) is 46.0 Å². The fourth-order valence-corrected chi connectivity index (χ4v) is 2.81. The Morgan fingerprint density at radius 2 is 2.00 bits per heavy atom. The number of halogens is 2. The summed E-state index contributed by atoms with van der Waals surface area (Å²) in [6, 6.07) is 7.16. The van der Waals surface area contributed by atoms with E-state index in [0.29, 0.717) is 27.4 Å². The normalized spacial score (nSPS) is 10.6. The van der Waals surface area contributed by atoms with E-state index in [4.69, 9.17) is 28.9 Å². The van der Waals surface area contributed by atoms with Gasteiger partial charge < -0.3 is 5.73 Å². The zero-order valence-electron chi connectivity index (χ0n) is 9.65. The number of aromatic nitrogens is 2. The maximum absolute atomic E-state index is 6.09. The third kappa shape index (κ3) is 3.51. The van der Waals surface area contributed by atoms with Crippen molar-refractivity contribution in [3.8, 4) is 0 Å². The van der Waals surface area contributed by atoms with Crippen LogP contribution in [0, 0.1) is 6.92 Å². The maximum Gasteiger partial charge on any atom is 0.140 e. The van der Waals surface area contributed by atoms with Crippen LogP contribution in [0.15, 0.2) is 29.2 Å². The molecule has 1 aromatic heterocycles. The number of hydrogen-bond donors (Lipinski definition) is 1. The summed E-state index contributed by atoms with van der Waals surface area (Å²) in [6.07, 6.45) is 0. The summed E-state index contributed by atoms with van der Waals surface area (Å²) < 4.78 is 0. The second kappa shape index (κ2) is 5.78. The van der Waals surface area contributed by atoms with Crippen LogP contribution in [0.3, 0.4) is 0 Å². The molecule has 1 heterocycles. The lowest BCUT2D eigenvalue weighted by Crippen LogP contribution is -1.95. The lowest BCUT2D eigenvalue weighted by atomic mass is 10.3. The fraction of sp³-hybridized carbons (Fsp3) is 0.167. The van der Waals surface area contributed by atoms with Crippen LogP contribution in [0.2, 0.25) is 10.2 Å². The summed E-state index contributed by atoms with van der Waals surface area (Å²) in [6.45, 7) is 1.89. The third-order valence-corrected chi connectivity index (χ3v) is 3.87. The average molecular weight is 300 g/mol. The molecule has 18 heavy (non-hydrogen) atoms. The Labute approximate surface area is 120 Å². The summed E-state index contributed by atoms with van der Waals surface area (Å²) in [5.41, 5.74) is 7.15. The summed E-state index contributed by atoms with van der Waals surface area (Å²) in [5.74, 6) is 1.31. The highest BCUT2D eigenvalue weighted by atomic mass is 35.5. The molecule has 3 nitrogen and oxygen atoms in total. The molecule has 6 heteroatoms. The Kier molecular flexibility index (Phi) is 4.32. The fourth-order valence-electron chi connectivity index (χ4n) is 1.43. The molecular formula is C12H11Cl2N3S. The van der Waals surface area contributed by atoms with Crippen LogP contribution in [-0.2, 0) is 5.75 Å². The Hall–Kier alpha value is -0.970. The topological polar surface area (TPSA) is 51.8 Å². The van der Waals surface area contributed by atoms with Crippen LogP contribution in [0.1, 0.15) is 11.5 Å². The predicted octanol–water partition coefficient (Wildman–Crippen LogP) is 3.97. The smallest absolute Gasteiger partial charge is 0.140 e. The van der Waals surface area contributed by atoms with Gasteiger partial charge in [-0.05, 0) is 31.2 Å². The molecule has 0 atom stereocenters. The molecule has 94 valence electrons. The first-order chi connectivity index (χ1) is 8.54. The van der Waals surface area contributed by atoms with Gasteiger partial charge in [0.05, 0.1) is 10.8 Å². The number of hydrogen-bond acceptors (Lipinski definition) is 4. The first kappa shape index (κ1) is 13.5. The average Bonchev–Trinajstić information content (AvgIpc) is 2.26. The number of benzene rings is 1. The monoisotopic (exact) mass is 299 g/mol. The predicted molar refractivity (Wildman–Crippen MR) is 77.2 cm³/mol. The van der Waals surface area contributed by atoms with E-state index in [2.05, 4.69) is 9.97 Å². The lowest BCUT2D eigenvalue weighted by Gasteiger charge is -2.05. The van der Waals surface area contributed by atoms with Crippen LogP contribution in [0.5, 0.6) is 0 Å². The molecule has 0 radical (unpaired) electrons. The number of nitrogens with zero attached hydrogens (tertiary/aromatic N) is 2. The van der Waals surface area contributed by atoms with Gasteiger partial charge in [0.1, 0.15) is 11.0 Å². The van der Waals surface area contributed by atoms with Crippen molar-refractivity contribution in [1.29, 1.82) is 0 Å². The van der Waals surface area contributed by atoms with Crippen LogP contribution in [-0.4, -0.2) is 9.97 Å². The zero-order chi connectivity index (χ0) is 13.1. The van der Waals surface area contributed by atoms with Gasteiger partial charge >= 0.3 is 0 Å².